The van der Waals surface area contributed by atoms with Crippen molar-refractivity contribution in [2.45, 2.75) is 0 Å². The zero-order valence-electron chi connectivity index (χ0n) is 9.01. The molecule has 0 fully saturated rings. The minimum Gasteiger partial charge on any atom is -0.483 e. The predicted molar refractivity (Wildman–Crippen MR) is 59.5 cm³/mol. The van der Waals surface area contributed by atoms with Crippen molar-refractivity contribution in [3.63, 3.8) is 0 Å². The van der Waals surface area contributed by atoms with Crippen LogP contribution in [-0.4, -0.2) is 31.3 Å². The number of amides is 2. The summed E-state index contributed by atoms with van der Waals surface area (Å²) in [5.74, 6) is -0.798. The number of primary amides is 1. The van der Waals surface area contributed by atoms with Gasteiger partial charge in [0.15, 0.2) is 12.9 Å². The highest BCUT2D eigenvalue weighted by Crippen LogP contribution is 2.15. The Balaban J connectivity index is 2.47. The second-order valence-corrected chi connectivity index (χ2v) is 3.19. The number of hydrogen-bond acceptors (Lipinski definition) is 4. The summed E-state index contributed by atoms with van der Waals surface area (Å²) in [7, 11) is 0. The van der Waals surface area contributed by atoms with Crippen molar-refractivity contribution in [3.8, 4) is 5.75 Å². The minimum absolute atomic E-state index is 0.239. The predicted octanol–water partition coefficient (Wildman–Crippen LogP) is -0.521. The Kier molecular flexibility index (Phi) is 4.68. The molecule has 1 rings (SSSR count). The molecule has 0 aromatic heterocycles. The van der Waals surface area contributed by atoms with Crippen molar-refractivity contribution in [3.05, 3.63) is 29.8 Å². The summed E-state index contributed by atoms with van der Waals surface area (Å²) < 4.78 is 5.13. The van der Waals surface area contributed by atoms with E-state index in [0.29, 0.717) is 17.6 Å². The van der Waals surface area contributed by atoms with Crippen LogP contribution in [-0.2, 0) is 9.59 Å². The number of nitrogens with one attached hydrogen (secondary N) is 1. The maximum absolute atomic E-state index is 11.2. The summed E-state index contributed by atoms with van der Waals surface area (Å²) in [6.07, 6.45) is 0.636. The van der Waals surface area contributed by atoms with Crippen molar-refractivity contribution in [2.75, 3.05) is 13.2 Å². The average Bonchev–Trinajstić information content (AvgIpc) is 2.34. The molecule has 1 aromatic rings. The van der Waals surface area contributed by atoms with Gasteiger partial charge in [0.25, 0.3) is 5.91 Å². The largest absolute Gasteiger partial charge is 0.483 e. The van der Waals surface area contributed by atoms with E-state index in [9.17, 15) is 14.4 Å². The number of rotatable bonds is 6. The number of nitrogens with two attached hydrogens (primary N) is 1. The van der Waals surface area contributed by atoms with Gasteiger partial charge in [-0.05, 0) is 12.1 Å². The number of aldehydes is 1. The molecular weight excluding hydrogens is 224 g/mol. The number of carbonyl (C=O) groups is 3. The van der Waals surface area contributed by atoms with Gasteiger partial charge in [-0.15, -0.1) is 0 Å². The second kappa shape index (κ2) is 6.26. The van der Waals surface area contributed by atoms with Gasteiger partial charge in [0.1, 0.15) is 5.75 Å². The number of para-hydroxylation sites is 1. The first-order valence-corrected chi connectivity index (χ1v) is 4.85. The Morgan fingerprint density at radius 3 is 2.71 bits per heavy atom. The van der Waals surface area contributed by atoms with Gasteiger partial charge < -0.3 is 15.8 Å². The Morgan fingerprint density at radius 2 is 2.06 bits per heavy atom. The highest BCUT2D eigenvalue weighted by Gasteiger charge is 2.06. The lowest BCUT2D eigenvalue weighted by Gasteiger charge is -2.07. The zero-order valence-corrected chi connectivity index (χ0v) is 9.01. The van der Waals surface area contributed by atoms with Gasteiger partial charge in [-0.25, -0.2) is 0 Å². The van der Waals surface area contributed by atoms with E-state index in [4.69, 9.17) is 10.5 Å². The quantitative estimate of drug-likeness (QED) is 0.649. The lowest BCUT2D eigenvalue weighted by Crippen LogP contribution is -2.36. The van der Waals surface area contributed by atoms with Crippen molar-refractivity contribution < 1.29 is 19.1 Å². The Bertz CT molecular complexity index is 431. The molecule has 0 aliphatic rings. The lowest BCUT2D eigenvalue weighted by molar-refractivity contribution is -0.126. The zero-order chi connectivity index (χ0) is 12.7. The van der Waals surface area contributed by atoms with Crippen LogP contribution in [0.5, 0.6) is 5.75 Å². The van der Waals surface area contributed by atoms with E-state index >= 15 is 0 Å². The summed E-state index contributed by atoms with van der Waals surface area (Å²) in [6.45, 7) is -0.518. The van der Waals surface area contributed by atoms with Crippen LogP contribution in [0.25, 0.3) is 0 Å². The first-order valence-electron chi connectivity index (χ1n) is 4.85. The fourth-order valence-corrected chi connectivity index (χ4v) is 1.09. The third-order valence-corrected chi connectivity index (χ3v) is 1.86. The van der Waals surface area contributed by atoms with Crippen LogP contribution in [0.1, 0.15) is 10.4 Å². The lowest BCUT2D eigenvalue weighted by atomic mass is 10.2. The minimum atomic E-state index is -0.633. The Labute approximate surface area is 97.7 Å². The molecule has 0 spiro atoms. The maximum Gasteiger partial charge on any atom is 0.258 e. The van der Waals surface area contributed by atoms with Gasteiger partial charge in [0, 0.05) is 0 Å². The normalized spacial score (nSPS) is 9.41. The van der Waals surface area contributed by atoms with E-state index in [-0.39, 0.29) is 13.2 Å². The Morgan fingerprint density at radius 1 is 1.35 bits per heavy atom. The topological polar surface area (TPSA) is 98.5 Å². The van der Waals surface area contributed by atoms with Crippen molar-refractivity contribution in [1.29, 1.82) is 0 Å². The SMILES string of the molecule is NC(=O)CNC(=O)COc1ccccc1C=O. The smallest absolute Gasteiger partial charge is 0.258 e. The van der Waals surface area contributed by atoms with Crippen molar-refractivity contribution in [1.82, 2.24) is 5.32 Å². The molecular formula is C11H12N2O4. The molecule has 6 heteroatoms. The first kappa shape index (κ1) is 12.7. The number of hydrogen-bond donors (Lipinski definition) is 2. The molecule has 0 bridgehead atoms. The average molecular weight is 236 g/mol. The summed E-state index contributed by atoms with van der Waals surface area (Å²) in [6, 6.07) is 6.52. The Hall–Kier alpha value is -2.37. The second-order valence-electron chi connectivity index (χ2n) is 3.19. The van der Waals surface area contributed by atoms with Crippen LogP contribution >= 0.6 is 0 Å². The van der Waals surface area contributed by atoms with Gasteiger partial charge in [-0.1, -0.05) is 12.1 Å². The van der Waals surface area contributed by atoms with E-state index in [1.165, 1.54) is 0 Å². The van der Waals surface area contributed by atoms with Crippen LogP contribution < -0.4 is 15.8 Å². The third-order valence-electron chi connectivity index (χ3n) is 1.86. The van der Waals surface area contributed by atoms with E-state index in [0.717, 1.165) is 0 Å². The molecule has 0 atom stereocenters. The van der Waals surface area contributed by atoms with Gasteiger partial charge >= 0.3 is 0 Å². The van der Waals surface area contributed by atoms with Crippen LogP contribution in [0, 0.1) is 0 Å². The molecule has 0 radical (unpaired) electrons. The van der Waals surface area contributed by atoms with Crippen LogP contribution in [0.3, 0.4) is 0 Å². The number of carbonyl (C=O) groups excluding carboxylic acids is 3. The standard InChI is InChI=1S/C11H12N2O4/c12-10(15)5-13-11(16)7-17-9-4-2-1-3-8(9)6-14/h1-4,6H,5,7H2,(H2,12,15)(H,13,16). The monoisotopic (exact) mass is 236 g/mol. The van der Waals surface area contributed by atoms with Gasteiger partial charge in [0.2, 0.25) is 5.91 Å². The molecule has 90 valence electrons. The number of ether oxygens (including phenoxy) is 1. The van der Waals surface area contributed by atoms with Gasteiger partial charge in [0.05, 0.1) is 12.1 Å². The fraction of sp³-hybridized carbons (Fsp3) is 0.182. The molecule has 0 unspecified atom stereocenters. The summed E-state index contributed by atoms with van der Waals surface area (Å²) >= 11 is 0. The molecule has 3 N–H and O–H groups in total. The van der Waals surface area contributed by atoms with E-state index in [1.54, 1.807) is 24.3 Å². The van der Waals surface area contributed by atoms with Crippen molar-refractivity contribution in [2.24, 2.45) is 5.73 Å². The van der Waals surface area contributed by atoms with E-state index in [2.05, 4.69) is 5.32 Å². The highest BCUT2D eigenvalue weighted by atomic mass is 16.5. The van der Waals surface area contributed by atoms with E-state index in [1.807, 2.05) is 0 Å². The molecule has 17 heavy (non-hydrogen) atoms. The van der Waals surface area contributed by atoms with Crippen LogP contribution in [0.2, 0.25) is 0 Å². The number of benzene rings is 1. The molecule has 0 aliphatic carbocycles. The summed E-state index contributed by atoms with van der Waals surface area (Å²) in [5.41, 5.74) is 5.21. The molecule has 0 heterocycles. The van der Waals surface area contributed by atoms with Gasteiger partial charge in [-0.2, -0.15) is 0 Å². The van der Waals surface area contributed by atoms with Crippen LogP contribution in [0.15, 0.2) is 24.3 Å². The molecule has 1 aromatic carbocycles. The van der Waals surface area contributed by atoms with E-state index < -0.39 is 11.8 Å². The highest BCUT2D eigenvalue weighted by molar-refractivity contribution is 5.84. The summed E-state index contributed by atoms with van der Waals surface area (Å²) in [5, 5.41) is 2.26. The van der Waals surface area contributed by atoms with Crippen molar-refractivity contribution >= 4 is 18.1 Å². The molecule has 2 amide bonds. The molecule has 6 nitrogen and oxygen atoms in total. The molecule has 0 saturated carbocycles. The van der Waals surface area contributed by atoms with Gasteiger partial charge in [-0.3, -0.25) is 14.4 Å². The molecule has 0 aliphatic heterocycles. The van der Waals surface area contributed by atoms with Crippen LogP contribution in [0.4, 0.5) is 0 Å². The maximum atomic E-state index is 11.2. The first-order chi connectivity index (χ1) is 8.13. The molecule has 0 saturated heterocycles. The third kappa shape index (κ3) is 4.33. The summed E-state index contributed by atoms with van der Waals surface area (Å²) in [4.78, 5) is 32.2. The fourth-order valence-electron chi connectivity index (χ4n) is 1.09.